The molecule has 0 aromatic heterocycles. The number of epoxide rings is 2. The first-order chi connectivity index (χ1) is 25.5. The topological polar surface area (TPSA) is 128 Å². The van der Waals surface area contributed by atoms with Crippen molar-refractivity contribution >= 4 is 36.4 Å². The third kappa shape index (κ3) is 11.0. The number of carbonyl (C=O) groups is 1. The SMILES string of the molecule is CCO[Si](CCCNC(=O)OC(COc1ccc2c(OCC3CO3)cccc2c1)COc1ccc2c(OCC3CO3)cccc2c1)(OCC)OCC. The largest absolute Gasteiger partial charge is 0.500 e. The second-order valence-electron chi connectivity index (χ2n) is 12.5. The van der Waals surface area contributed by atoms with Crippen LogP contribution >= 0.6 is 0 Å². The second-order valence-corrected chi connectivity index (χ2v) is 15.2. The number of fused-ring (bicyclic) bond motifs is 2. The van der Waals surface area contributed by atoms with E-state index in [4.69, 9.17) is 46.4 Å². The predicted octanol–water partition coefficient (Wildman–Crippen LogP) is 6.54. The minimum absolute atomic E-state index is 0.0674. The van der Waals surface area contributed by atoms with Crippen molar-refractivity contribution in [2.45, 2.75) is 51.5 Å². The van der Waals surface area contributed by atoms with Gasteiger partial charge in [-0.3, -0.25) is 0 Å². The van der Waals surface area contributed by atoms with Crippen LogP contribution in [0.15, 0.2) is 72.8 Å². The monoisotopic (exact) mass is 735 g/mol. The van der Waals surface area contributed by atoms with Crippen molar-refractivity contribution in [3.8, 4) is 23.0 Å². The van der Waals surface area contributed by atoms with Crippen LogP contribution in [-0.2, 0) is 27.5 Å². The Bertz CT molecular complexity index is 1630. The zero-order valence-electron chi connectivity index (χ0n) is 30.1. The van der Waals surface area contributed by atoms with Crippen LogP contribution in [0.4, 0.5) is 4.79 Å². The highest BCUT2D eigenvalue weighted by molar-refractivity contribution is 6.60. The molecule has 2 aliphatic rings. The lowest BCUT2D eigenvalue weighted by molar-refractivity contribution is 0.0354. The molecule has 52 heavy (non-hydrogen) atoms. The van der Waals surface area contributed by atoms with Gasteiger partial charge in [-0.1, -0.05) is 24.3 Å². The van der Waals surface area contributed by atoms with Crippen LogP contribution in [0, 0.1) is 0 Å². The molecule has 6 rings (SSSR count). The van der Waals surface area contributed by atoms with Crippen LogP contribution in [0.2, 0.25) is 6.04 Å². The molecule has 0 bridgehead atoms. The molecule has 2 saturated heterocycles. The Morgan fingerprint density at radius 2 is 1.23 bits per heavy atom. The summed E-state index contributed by atoms with van der Waals surface area (Å²) in [6, 6.07) is 23.9. The minimum Gasteiger partial charge on any atom is -0.490 e. The summed E-state index contributed by atoms with van der Waals surface area (Å²) in [5.74, 6) is 2.84. The van der Waals surface area contributed by atoms with Gasteiger partial charge in [-0.15, -0.1) is 0 Å². The number of rotatable bonds is 23. The summed E-state index contributed by atoms with van der Waals surface area (Å²) in [5.41, 5.74) is 0. The van der Waals surface area contributed by atoms with E-state index in [9.17, 15) is 4.79 Å². The fraction of sp³-hybridized carbons (Fsp3) is 0.462. The van der Waals surface area contributed by atoms with E-state index in [1.807, 2.05) is 93.6 Å². The molecular formula is C39H49NO11Si. The molecule has 2 fully saturated rings. The second kappa shape index (κ2) is 18.6. The molecule has 0 saturated carbocycles. The molecule has 0 radical (unpaired) electrons. The number of carbonyl (C=O) groups excluding carboxylic acids is 1. The molecule has 2 aliphatic heterocycles. The summed E-state index contributed by atoms with van der Waals surface area (Å²) in [7, 11) is -2.82. The van der Waals surface area contributed by atoms with Gasteiger partial charge in [0.15, 0.2) is 6.10 Å². The van der Waals surface area contributed by atoms with Crippen LogP contribution in [0.25, 0.3) is 21.5 Å². The van der Waals surface area contributed by atoms with Gasteiger partial charge in [0.2, 0.25) is 0 Å². The van der Waals surface area contributed by atoms with Crippen molar-refractivity contribution in [1.82, 2.24) is 5.32 Å². The van der Waals surface area contributed by atoms with Crippen LogP contribution < -0.4 is 24.3 Å². The number of nitrogens with one attached hydrogen (secondary N) is 1. The average Bonchev–Trinajstić information content (AvgIpc) is 4.09. The molecule has 13 heteroatoms. The Morgan fingerprint density at radius 1 is 0.731 bits per heavy atom. The highest BCUT2D eigenvalue weighted by Gasteiger charge is 2.39. The van der Waals surface area contributed by atoms with Gasteiger partial charge < -0.3 is 51.8 Å². The van der Waals surface area contributed by atoms with Gasteiger partial charge in [0, 0.05) is 43.2 Å². The third-order valence-corrected chi connectivity index (χ3v) is 11.6. The van der Waals surface area contributed by atoms with E-state index in [1.54, 1.807) is 0 Å². The summed E-state index contributed by atoms with van der Waals surface area (Å²) in [5, 5.41) is 6.73. The number of hydrogen-bond donors (Lipinski definition) is 1. The van der Waals surface area contributed by atoms with Gasteiger partial charge in [-0.25, -0.2) is 4.79 Å². The van der Waals surface area contributed by atoms with Crippen LogP contribution in [0.1, 0.15) is 27.2 Å². The first-order valence-corrected chi connectivity index (χ1v) is 20.1. The number of ether oxygens (including phenoxy) is 7. The first kappa shape index (κ1) is 37.6. The van der Waals surface area contributed by atoms with Crippen molar-refractivity contribution in [3.05, 3.63) is 72.8 Å². The summed E-state index contributed by atoms with van der Waals surface area (Å²) in [6.45, 7) is 10.3. The maximum Gasteiger partial charge on any atom is 0.500 e. The summed E-state index contributed by atoms with van der Waals surface area (Å²) >= 11 is 0. The lowest BCUT2D eigenvalue weighted by atomic mass is 10.1. The molecule has 12 nitrogen and oxygen atoms in total. The first-order valence-electron chi connectivity index (χ1n) is 18.1. The smallest absolute Gasteiger partial charge is 0.490 e. The van der Waals surface area contributed by atoms with E-state index < -0.39 is 21.0 Å². The Morgan fingerprint density at radius 3 is 1.69 bits per heavy atom. The number of amides is 1. The van der Waals surface area contributed by atoms with Gasteiger partial charge in [0.25, 0.3) is 0 Å². The normalized spacial score (nSPS) is 17.1. The number of alkyl carbamates (subject to hydrolysis) is 1. The molecule has 4 aromatic carbocycles. The summed E-state index contributed by atoms with van der Waals surface area (Å²) < 4.78 is 58.6. The van der Waals surface area contributed by atoms with Crippen molar-refractivity contribution in [2.24, 2.45) is 0 Å². The van der Waals surface area contributed by atoms with Crippen LogP contribution in [-0.4, -0.2) is 99.2 Å². The zero-order valence-corrected chi connectivity index (χ0v) is 31.1. The van der Waals surface area contributed by atoms with Crippen molar-refractivity contribution in [3.63, 3.8) is 0 Å². The van der Waals surface area contributed by atoms with Gasteiger partial charge in [0.05, 0.1) is 13.2 Å². The lowest BCUT2D eigenvalue weighted by Crippen LogP contribution is -2.46. The number of benzene rings is 4. The number of hydrogen-bond acceptors (Lipinski definition) is 11. The maximum atomic E-state index is 13.1. The quantitative estimate of drug-likeness (QED) is 0.0507. The Kier molecular flexibility index (Phi) is 13.5. The van der Waals surface area contributed by atoms with E-state index in [0.29, 0.717) is 63.5 Å². The van der Waals surface area contributed by atoms with E-state index in [2.05, 4.69) is 5.32 Å². The minimum atomic E-state index is -2.82. The Hall–Kier alpha value is -4.11. The van der Waals surface area contributed by atoms with Crippen LogP contribution in [0.5, 0.6) is 23.0 Å². The molecule has 280 valence electrons. The average molecular weight is 736 g/mol. The Balaban J connectivity index is 1.09. The highest BCUT2D eigenvalue weighted by atomic mass is 28.4. The fourth-order valence-corrected chi connectivity index (χ4v) is 8.39. The molecule has 2 heterocycles. The van der Waals surface area contributed by atoms with E-state index in [1.165, 1.54) is 0 Å². The lowest BCUT2D eigenvalue weighted by Gasteiger charge is -2.28. The van der Waals surface area contributed by atoms with E-state index in [-0.39, 0.29) is 25.4 Å². The van der Waals surface area contributed by atoms with Crippen molar-refractivity contribution < 1.29 is 51.2 Å². The van der Waals surface area contributed by atoms with Gasteiger partial charge in [-0.2, -0.15) is 0 Å². The van der Waals surface area contributed by atoms with Gasteiger partial charge in [-0.05, 0) is 86.5 Å². The predicted molar refractivity (Wildman–Crippen MR) is 198 cm³/mol. The molecule has 1 N–H and O–H groups in total. The molecule has 1 amide bonds. The van der Waals surface area contributed by atoms with E-state index >= 15 is 0 Å². The van der Waals surface area contributed by atoms with Crippen molar-refractivity contribution in [1.29, 1.82) is 0 Å². The molecule has 0 spiro atoms. The van der Waals surface area contributed by atoms with Gasteiger partial charge in [0.1, 0.15) is 61.6 Å². The third-order valence-electron chi connectivity index (χ3n) is 8.45. The van der Waals surface area contributed by atoms with Crippen molar-refractivity contribution in [2.75, 3.05) is 66.0 Å². The highest BCUT2D eigenvalue weighted by Crippen LogP contribution is 2.31. The standard InChI is InChI=1S/C39H49NO11Si/c1-4-48-52(49-5-2,50-6-3)19-9-18-40-39(41)51-34(26-42-30-14-16-35-28(20-30)10-7-12-37(35)46-24-32-22-44-32)27-43-31-15-17-36-29(21-31)11-8-13-38(36)47-25-33-23-45-33/h7-8,10-17,20-21,32-34H,4-6,9,18-19,22-27H2,1-3H3,(H,40,41). The van der Waals surface area contributed by atoms with Crippen LogP contribution in [0.3, 0.4) is 0 Å². The molecule has 4 aromatic rings. The summed E-state index contributed by atoms with van der Waals surface area (Å²) in [6.07, 6.45) is -0.367. The molecule has 2 atom stereocenters. The fourth-order valence-electron chi connectivity index (χ4n) is 5.77. The zero-order chi connectivity index (χ0) is 36.2. The summed E-state index contributed by atoms with van der Waals surface area (Å²) in [4.78, 5) is 13.1. The molecule has 2 unspecified atom stereocenters. The molecular weight excluding hydrogens is 687 g/mol. The van der Waals surface area contributed by atoms with E-state index in [0.717, 1.165) is 46.3 Å². The molecule has 0 aliphatic carbocycles. The Labute approximate surface area is 305 Å². The maximum absolute atomic E-state index is 13.1. The van der Waals surface area contributed by atoms with Gasteiger partial charge >= 0.3 is 14.9 Å².